The summed E-state index contributed by atoms with van der Waals surface area (Å²) < 4.78 is 14.0. The number of nitrogens with zero attached hydrogens (tertiary/aromatic N) is 5. The number of methoxy groups -OCH3 is 1. The van der Waals surface area contributed by atoms with Crippen LogP contribution in [0.2, 0.25) is 0 Å². The van der Waals surface area contributed by atoms with Crippen LogP contribution < -0.4 is 16.1 Å². The number of piperidine rings is 1. The van der Waals surface area contributed by atoms with E-state index in [-0.39, 0.29) is 55.0 Å². The fourth-order valence-corrected chi connectivity index (χ4v) is 10.3. The van der Waals surface area contributed by atoms with E-state index < -0.39 is 41.3 Å². The molecular formula is C51H66N8O8. The van der Waals surface area contributed by atoms with E-state index in [9.17, 15) is 29.1 Å². The summed E-state index contributed by atoms with van der Waals surface area (Å²) in [6, 6.07) is 10.5. The second kappa shape index (κ2) is 19.8. The van der Waals surface area contributed by atoms with Gasteiger partial charge in [-0.05, 0) is 103 Å². The van der Waals surface area contributed by atoms with Crippen LogP contribution in [0.5, 0.6) is 5.75 Å². The Kier molecular flexibility index (Phi) is 14.1. The van der Waals surface area contributed by atoms with Crippen molar-refractivity contribution in [1.82, 2.24) is 40.4 Å². The van der Waals surface area contributed by atoms with E-state index in [0.29, 0.717) is 70.5 Å². The molecule has 0 saturated carbocycles. The lowest BCUT2D eigenvalue weighted by Gasteiger charge is -2.38. The van der Waals surface area contributed by atoms with Gasteiger partial charge >= 0.3 is 5.97 Å². The Morgan fingerprint density at radius 3 is 2.51 bits per heavy atom. The Balaban J connectivity index is 1.16. The van der Waals surface area contributed by atoms with Gasteiger partial charge in [-0.3, -0.25) is 34.0 Å². The van der Waals surface area contributed by atoms with Gasteiger partial charge in [0, 0.05) is 93.5 Å². The highest BCUT2D eigenvalue weighted by Crippen LogP contribution is 2.41. The monoisotopic (exact) mass is 919 g/mol. The molecular weight excluding hydrogens is 853 g/mol. The number of esters is 1. The topological polar surface area (TPSA) is 198 Å². The molecule has 8 rings (SSSR count). The maximum absolute atomic E-state index is 14.7. The molecule has 0 aliphatic carbocycles. The van der Waals surface area contributed by atoms with E-state index in [1.54, 1.807) is 37.4 Å². The lowest BCUT2D eigenvalue weighted by atomic mass is 9.84. The number of hydrazine groups is 1. The third-order valence-corrected chi connectivity index (χ3v) is 13.8. The van der Waals surface area contributed by atoms with Crippen molar-refractivity contribution in [2.45, 2.75) is 110 Å². The Hall–Kier alpha value is -5.84. The number of cyclic esters (lactones) is 1. The molecule has 16 heteroatoms. The van der Waals surface area contributed by atoms with Crippen LogP contribution in [0.15, 0.2) is 54.9 Å². The molecule has 3 fully saturated rings. The number of amides is 4. The molecule has 4 amide bonds. The molecule has 0 radical (unpaired) electrons. The molecule has 4 N–H and O–H groups in total. The van der Waals surface area contributed by atoms with Gasteiger partial charge in [-0.2, -0.15) is 0 Å². The van der Waals surface area contributed by atoms with E-state index >= 15 is 0 Å². The van der Waals surface area contributed by atoms with Crippen molar-refractivity contribution in [3.8, 4) is 28.1 Å². The summed E-state index contributed by atoms with van der Waals surface area (Å²) in [7, 11) is 3.30. The van der Waals surface area contributed by atoms with Gasteiger partial charge in [0.2, 0.25) is 17.7 Å². The molecule has 358 valence electrons. The third kappa shape index (κ3) is 10.2. The highest BCUT2D eigenvalue weighted by atomic mass is 16.5. The molecule has 67 heavy (non-hydrogen) atoms. The summed E-state index contributed by atoms with van der Waals surface area (Å²) in [4.78, 5) is 77.8. The molecule has 6 heterocycles. The fourth-order valence-electron chi connectivity index (χ4n) is 10.3. The molecule has 2 aromatic carbocycles. The number of aromatic hydroxyl groups is 1. The van der Waals surface area contributed by atoms with Gasteiger partial charge in [-0.1, -0.05) is 39.8 Å². The van der Waals surface area contributed by atoms with Gasteiger partial charge in [0.25, 0.3) is 5.91 Å². The Bertz CT molecular complexity index is 2520. The van der Waals surface area contributed by atoms with E-state index in [4.69, 9.17) is 9.47 Å². The van der Waals surface area contributed by atoms with Crippen molar-refractivity contribution in [2.75, 3.05) is 46.9 Å². The van der Waals surface area contributed by atoms with E-state index in [0.717, 1.165) is 44.4 Å². The average molecular weight is 919 g/mol. The second-order valence-electron chi connectivity index (χ2n) is 19.9. The first-order valence-corrected chi connectivity index (χ1v) is 23.8. The number of aromatic nitrogens is 2. The number of benzene rings is 2. The van der Waals surface area contributed by atoms with Crippen LogP contribution in [0.3, 0.4) is 0 Å². The SMILES string of the molecule is CCn1c(-c2cnccc2COC)c2c3cc(ccc31)-c1cc(O)cc(c1)C[C@H](NC(=O)C(C(C)C)N(C)C(=O)C1CCN(C(=O)[C@H]3CN3)CC1)C(=O)N1CCC[C@H](N1)C(=O)OCC(C)(C)C2. The minimum Gasteiger partial charge on any atom is -0.508 e. The first-order chi connectivity index (χ1) is 32.1. The van der Waals surface area contributed by atoms with Crippen LogP contribution in [0.25, 0.3) is 33.3 Å². The number of likely N-dealkylation sites (tertiary alicyclic amines) is 1. The number of ether oxygens (including phenoxy) is 2. The Morgan fingerprint density at radius 1 is 1.04 bits per heavy atom. The Labute approximate surface area is 392 Å². The van der Waals surface area contributed by atoms with Crippen LogP contribution >= 0.6 is 0 Å². The zero-order valence-electron chi connectivity index (χ0n) is 39.9. The van der Waals surface area contributed by atoms with E-state index in [1.165, 1.54) is 9.91 Å². The number of fused-ring (bicyclic) bond motifs is 6. The molecule has 4 aliphatic rings. The summed E-state index contributed by atoms with van der Waals surface area (Å²) in [5.74, 6) is -2.22. The van der Waals surface area contributed by atoms with Crippen LogP contribution in [0.1, 0.15) is 77.0 Å². The lowest BCUT2D eigenvalue weighted by Crippen LogP contribution is -2.62. The standard InChI is InChI=1S/C51H66N8O8/c1-8-58-43-12-11-33-24-37(43)38(45(58)39-26-52-16-13-34(39)28-66-7)25-51(4,5)29-67-50(65)40-10-9-17-59(55-40)49(64)41(22-31-20-35(33)23-36(60)21-31)54-46(61)44(30(2)3)56(6)47(62)32-14-18-57(19-15-32)48(63)42-27-53-42/h11-13,16,20-21,23-24,26,30,32,40-42,44,53,55,60H,8-10,14-15,17-19,22,25,27-29H2,1-7H3,(H,54,61)/t40-,41-,42+,44?/m0/s1. The normalized spacial score (nSPS) is 21.7. The van der Waals surface area contributed by atoms with Gasteiger partial charge in [0.15, 0.2) is 0 Å². The average Bonchev–Trinajstić information content (AvgIpc) is 4.12. The first kappa shape index (κ1) is 47.6. The summed E-state index contributed by atoms with van der Waals surface area (Å²) in [5, 5.41) is 19.8. The smallest absolute Gasteiger partial charge is 0.324 e. The molecule has 4 atom stereocenters. The highest BCUT2D eigenvalue weighted by Gasteiger charge is 2.41. The van der Waals surface area contributed by atoms with Crippen molar-refractivity contribution in [3.05, 3.63) is 71.5 Å². The number of likely N-dealkylation sites (N-methyl/N-ethyl adjacent to an activating group) is 1. The molecule has 4 aromatic rings. The number of pyridine rings is 1. The number of nitrogens with one attached hydrogen (secondary N) is 3. The molecule has 16 nitrogen and oxygen atoms in total. The zero-order chi connectivity index (χ0) is 47.7. The number of carbonyl (C=O) groups excluding carboxylic acids is 5. The minimum atomic E-state index is -1.15. The van der Waals surface area contributed by atoms with Crippen LogP contribution in [-0.4, -0.2) is 130 Å². The first-order valence-electron chi connectivity index (χ1n) is 23.8. The van der Waals surface area contributed by atoms with Gasteiger partial charge in [0.1, 0.15) is 23.9 Å². The molecule has 4 aliphatic heterocycles. The predicted molar refractivity (Wildman–Crippen MR) is 253 cm³/mol. The number of phenolic OH excluding ortho intramolecular Hbond substituents is 1. The second-order valence-corrected chi connectivity index (χ2v) is 19.9. The largest absolute Gasteiger partial charge is 0.508 e. The number of rotatable bonds is 10. The molecule has 2 aromatic heterocycles. The van der Waals surface area contributed by atoms with Crippen molar-refractivity contribution in [2.24, 2.45) is 17.3 Å². The quantitative estimate of drug-likeness (QED) is 0.128. The van der Waals surface area contributed by atoms with Crippen molar-refractivity contribution in [3.63, 3.8) is 0 Å². The minimum absolute atomic E-state index is 0.00213. The van der Waals surface area contributed by atoms with Gasteiger partial charge in [-0.25, -0.2) is 5.43 Å². The lowest BCUT2D eigenvalue weighted by molar-refractivity contribution is -0.155. The van der Waals surface area contributed by atoms with Crippen LogP contribution in [0.4, 0.5) is 0 Å². The van der Waals surface area contributed by atoms with Crippen molar-refractivity contribution >= 4 is 40.5 Å². The third-order valence-electron chi connectivity index (χ3n) is 13.8. The number of hydrogen-bond acceptors (Lipinski definition) is 11. The molecule has 1 unspecified atom stereocenters. The van der Waals surface area contributed by atoms with E-state index in [2.05, 4.69) is 58.5 Å². The number of aryl methyl sites for hydroxylation is 1. The van der Waals surface area contributed by atoms with Gasteiger partial charge < -0.3 is 39.6 Å². The predicted octanol–water partition coefficient (Wildman–Crippen LogP) is 4.58. The maximum Gasteiger partial charge on any atom is 0.324 e. The summed E-state index contributed by atoms with van der Waals surface area (Å²) >= 11 is 0. The molecule has 0 spiro atoms. The summed E-state index contributed by atoms with van der Waals surface area (Å²) in [6.45, 7) is 13.1. The molecule has 6 bridgehead atoms. The number of carbonyl (C=O) groups is 5. The summed E-state index contributed by atoms with van der Waals surface area (Å²) in [5.41, 5.74) is 9.80. The van der Waals surface area contributed by atoms with Gasteiger partial charge in [0.05, 0.1) is 24.9 Å². The van der Waals surface area contributed by atoms with Crippen LogP contribution in [-0.2, 0) is 59.4 Å². The highest BCUT2D eigenvalue weighted by molar-refractivity contribution is 5.96. The zero-order valence-corrected chi connectivity index (χ0v) is 39.9. The maximum atomic E-state index is 14.7. The molecule has 3 saturated heterocycles. The fraction of sp³-hybridized carbons (Fsp3) is 0.529. The summed E-state index contributed by atoms with van der Waals surface area (Å²) in [6.07, 6.45) is 6.16. The van der Waals surface area contributed by atoms with Crippen molar-refractivity contribution < 1.29 is 38.6 Å². The number of hydrogen-bond donors (Lipinski definition) is 4. The Morgan fingerprint density at radius 2 is 1.81 bits per heavy atom. The number of phenols is 1. The van der Waals surface area contributed by atoms with Crippen LogP contribution in [0, 0.1) is 17.3 Å². The van der Waals surface area contributed by atoms with Gasteiger partial charge in [-0.15, -0.1) is 0 Å². The van der Waals surface area contributed by atoms with Crippen molar-refractivity contribution in [1.29, 1.82) is 0 Å². The van der Waals surface area contributed by atoms with E-state index in [1.807, 2.05) is 38.2 Å².